The highest BCUT2D eigenvalue weighted by Gasteiger charge is 2.13. The summed E-state index contributed by atoms with van der Waals surface area (Å²) in [6, 6.07) is 1.24. The summed E-state index contributed by atoms with van der Waals surface area (Å²) >= 11 is 0. The second kappa shape index (κ2) is 4.20. The lowest BCUT2D eigenvalue weighted by molar-refractivity contribution is 0.491. The van der Waals surface area contributed by atoms with Crippen molar-refractivity contribution in [3.8, 4) is 5.69 Å². The van der Waals surface area contributed by atoms with Crippen LogP contribution in [0, 0.1) is 17.5 Å². The largest absolute Gasteiger partial charge is 0.217 e. The Morgan fingerprint density at radius 2 is 1.71 bits per heavy atom. The number of hydrogen-bond donors (Lipinski definition) is 0. The molecule has 0 aliphatic rings. The van der Waals surface area contributed by atoms with Crippen LogP contribution >= 0.6 is 0 Å². The molecule has 0 radical (unpaired) electrons. The molecule has 0 fully saturated rings. The summed E-state index contributed by atoms with van der Waals surface area (Å²) in [5.41, 5.74) is 0.484. The van der Waals surface area contributed by atoms with Crippen LogP contribution in [-0.2, 0) is 0 Å². The molecule has 0 atom stereocenters. The molecule has 0 unspecified atom stereocenters. The lowest BCUT2D eigenvalue weighted by atomic mass is 10.2. The number of rotatable bonds is 2. The van der Waals surface area contributed by atoms with E-state index in [1.807, 2.05) is 13.8 Å². The van der Waals surface area contributed by atoms with Crippen molar-refractivity contribution < 1.29 is 13.2 Å². The van der Waals surface area contributed by atoms with E-state index in [4.69, 9.17) is 0 Å². The third kappa shape index (κ3) is 2.15. The normalized spacial score (nSPS) is 11.2. The fraction of sp³-hybridized carbons (Fsp3) is 0.273. The molecule has 0 aliphatic carbocycles. The van der Waals surface area contributed by atoms with Gasteiger partial charge in [-0.3, -0.25) is 0 Å². The second-order valence-corrected chi connectivity index (χ2v) is 3.96. The Morgan fingerprint density at radius 1 is 1.06 bits per heavy atom. The van der Waals surface area contributed by atoms with Gasteiger partial charge in [-0.2, -0.15) is 0 Å². The first-order valence-corrected chi connectivity index (χ1v) is 5.06. The molecule has 2 rings (SSSR count). The summed E-state index contributed by atoms with van der Waals surface area (Å²) in [6.07, 6.45) is 1.49. The van der Waals surface area contributed by atoms with Gasteiger partial charge in [0.25, 0.3) is 0 Å². The van der Waals surface area contributed by atoms with E-state index in [9.17, 15) is 13.2 Å². The number of benzene rings is 1. The first kappa shape index (κ1) is 11.6. The predicted molar refractivity (Wildman–Crippen MR) is 55.3 cm³/mol. The van der Waals surface area contributed by atoms with Crippen molar-refractivity contribution in [3.05, 3.63) is 41.5 Å². The maximum atomic E-state index is 13.4. The summed E-state index contributed by atoms with van der Waals surface area (Å²) in [5.74, 6) is -3.11. The third-order valence-electron chi connectivity index (χ3n) is 2.34. The van der Waals surface area contributed by atoms with Crippen LogP contribution in [0.5, 0.6) is 0 Å². The van der Waals surface area contributed by atoms with Crippen LogP contribution in [0.1, 0.15) is 25.5 Å². The minimum absolute atomic E-state index is 0.122. The van der Waals surface area contributed by atoms with Crippen LogP contribution in [0.3, 0.4) is 0 Å². The van der Waals surface area contributed by atoms with Gasteiger partial charge in [-0.1, -0.05) is 19.1 Å². The van der Waals surface area contributed by atoms with Gasteiger partial charge >= 0.3 is 0 Å². The van der Waals surface area contributed by atoms with Gasteiger partial charge in [0.1, 0.15) is 5.69 Å². The zero-order valence-corrected chi connectivity index (χ0v) is 9.28. The van der Waals surface area contributed by atoms with Crippen LogP contribution in [0.25, 0.3) is 5.69 Å². The Morgan fingerprint density at radius 3 is 2.29 bits per heavy atom. The van der Waals surface area contributed by atoms with Crippen LogP contribution in [0.2, 0.25) is 0 Å². The molecule has 0 saturated carbocycles. The van der Waals surface area contributed by atoms with Crippen molar-refractivity contribution in [2.45, 2.75) is 19.8 Å². The van der Waals surface area contributed by atoms with Gasteiger partial charge in [-0.05, 0) is 5.92 Å². The van der Waals surface area contributed by atoms with E-state index in [0.717, 1.165) is 10.7 Å². The summed E-state index contributed by atoms with van der Waals surface area (Å²) < 4.78 is 40.3. The van der Waals surface area contributed by atoms with E-state index in [-0.39, 0.29) is 11.6 Å². The fourth-order valence-electron chi connectivity index (χ4n) is 1.35. The summed E-state index contributed by atoms with van der Waals surface area (Å²) in [7, 11) is 0. The zero-order chi connectivity index (χ0) is 12.6. The monoisotopic (exact) mass is 241 g/mol. The molecule has 0 saturated heterocycles. The molecule has 0 spiro atoms. The SMILES string of the molecule is CC(C)c1cn(-c2cc(F)c(F)cc2F)nn1. The van der Waals surface area contributed by atoms with Crippen molar-refractivity contribution in [2.24, 2.45) is 0 Å². The van der Waals surface area contributed by atoms with Crippen LogP contribution in [0.15, 0.2) is 18.3 Å². The van der Waals surface area contributed by atoms with Gasteiger partial charge in [0.2, 0.25) is 0 Å². The number of hydrogen-bond acceptors (Lipinski definition) is 2. The fourth-order valence-corrected chi connectivity index (χ4v) is 1.35. The highest BCUT2D eigenvalue weighted by molar-refractivity contribution is 5.33. The Hall–Kier alpha value is -1.85. The van der Waals surface area contributed by atoms with Gasteiger partial charge in [0.05, 0.1) is 11.9 Å². The Bertz CT molecular complexity index is 549. The van der Waals surface area contributed by atoms with Gasteiger partial charge in [-0.15, -0.1) is 5.10 Å². The Balaban J connectivity index is 2.49. The molecule has 6 heteroatoms. The average Bonchev–Trinajstić information content (AvgIpc) is 2.72. The van der Waals surface area contributed by atoms with Crippen LogP contribution in [-0.4, -0.2) is 15.0 Å². The van der Waals surface area contributed by atoms with Crippen molar-refractivity contribution in [1.29, 1.82) is 0 Å². The molecule has 1 heterocycles. The lowest BCUT2D eigenvalue weighted by Gasteiger charge is -2.03. The maximum absolute atomic E-state index is 13.4. The summed E-state index contributed by atoms with van der Waals surface area (Å²) in [4.78, 5) is 0. The molecular weight excluding hydrogens is 231 g/mol. The molecule has 2 aromatic rings. The molecule has 0 N–H and O–H groups in total. The molecule has 90 valence electrons. The predicted octanol–water partition coefficient (Wildman–Crippen LogP) is 2.81. The van der Waals surface area contributed by atoms with Gasteiger partial charge < -0.3 is 0 Å². The number of halogens is 3. The summed E-state index contributed by atoms with van der Waals surface area (Å²) in [6.45, 7) is 3.80. The number of nitrogens with zero attached hydrogens (tertiary/aromatic N) is 3. The first-order chi connectivity index (χ1) is 7.99. The van der Waals surface area contributed by atoms with Gasteiger partial charge in [-0.25, -0.2) is 17.9 Å². The van der Waals surface area contributed by atoms with Gasteiger partial charge in [0.15, 0.2) is 17.5 Å². The molecule has 17 heavy (non-hydrogen) atoms. The van der Waals surface area contributed by atoms with Crippen molar-refractivity contribution in [2.75, 3.05) is 0 Å². The first-order valence-electron chi connectivity index (χ1n) is 5.06. The summed E-state index contributed by atoms with van der Waals surface area (Å²) in [5, 5.41) is 7.49. The minimum atomic E-state index is -1.23. The zero-order valence-electron chi connectivity index (χ0n) is 9.28. The molecule has 0 aliphatic heterocycles. The van der Waals surface area contributed by atoms with E-state index < -0.39 is 17.5 Å². The Labute approximate surface area is 95.9 Å². The van der Waals surface area contributed by atoms with Gasteiger partial charge in [0, 0.05) is 12.1 Å². The molecule has 0 amide bonds. The smallest absolute Gasteiger partial charge is 0.161 e. The van der Waals surface area contributed by atoms with Crippen molar-refractivity contribution in [1.82, 2.24) is 15.0 Å². The van der Waals surface area contributed by atoms with Crippen molar-refractivity contribution >= 4 is 0 Å². The quantitative estimate of drug-likeness (QED) is 0.757. The topological polar surface area (TPSA) is 30.7 Å². The number of aromatic nitrogens is 3. The third-order valence-corrected chi connectivity index (χ3v) is 2.34. The van der Waals surface area contributed by atoms with E-state index in [1.165, 1.54) is 6.20 Å². The van der Waals surface area contributed by atoms with E-state index in [0.29, 0.717) is 11.8 Å². The average molecular weight is 241 g/mol. The highest BCUT2D eigenvalue weighted by atomic mass is 19.2. The molecule has 1 aromatic carbocycles. The van der Waals surface area contributed by atoms with Crippen LogP contribution in [0.4, 0.5) is 13.2 Å². The molecule has 0 bridgehead atoms. The van der Waals surface area contributed by atoms with Crippen molar-refractivity contribution in [3.63, 3.8) is 0 Å². The van der Waals surface area contributed by atoms with E-state index in [2.05, 4.69) is 10.3 Å². The van der Waals surface area contributed by atoms with Crippen LogP contribution < -0.4 is 0 Å². The standard InChI is InChI=1S/C11H10F3N3/c1-6(2)10-5-17(16-15-10)11-4-8(13)7(12)3-9(11)14/h3-6H,1-2H3. The van der Waals surface area contributed by atoms with E-state index in [1.54, 1.807) is 0 Å². The highest BCUT2D eigenvalue weighted by Crippen LogP contribution is 2.18. The lowest BCUT2D eigenvalue weighted by Crippen LogP contribution is -2.01. The molecular formula is C11H10F3N3. The maximum Gasteiger partial charge on any atom is 0.161 e. The molecule has 3 nitrogen and oxygen atoms in total. The van der Waals surface area contributed by atoms with E-state index >= 15 is 0 Å². The molecule has 1 aromatic heterocycles. The minimum Gasteiger partial charge on any atom is -0.217 e. The Kier molecular flexibility index (Phi) is 2.87. The second-order valence-electron chi connectivity index (χ2n) is 3.96.